The smallest absolute Gasteiger partial charge is 0.320 e. The Labute approximate surface area is 282 Å². The molecule has 3 heterocycles. The van der Waals surface area contributed by atoms with E-state index in [2.05, 4.69) is 44.8 Å². The van der Waals surface area contributed by atoms with Crippen LogP contribution in [0.5, 0.6) is 5.75 Å². The van der Waals surface area contributed by atoms with E-state index in [1.54, 1.807) is 39.9 Å². The number of rotatable bonds is 9. The number of pyridine rings is 1. The van der Waals surface area contributed by atoms with Crippen molar-refractivity contribution in [2.75, 3.05) is 13.6 Å². The van der Waals surface area contributed by atoms with E-state index in [1.807, 2.05) is 44.4 Å². The molecule has 48 heavy (non-hydrogen) atoms. The van der Waals surface area contributed by atoms with Crippen LogP contribution in [0.4, 0.5) is 10.5 Å². The summed E-state index contributed by atoms with van der Waals surface area (Å²) in [7, 11) is 1.89. The molecule has 3 unspecified atom stereocenters. The van der Waals surface area contributed by atoms with Crippen molar-refractivity contribution >= 4 is 23.5 Å². The maximum Gasteiger partial charge on any atom is 0.320 e. The summed E-state index contributed by atoms with van der Waals surface area (Å²) >= 11 is 0. The summed E-state index contributed by atoms with van der Waals surface area (Å²) in [5.41, 5.74) is 9.53. The first-order chi connectivity index (χ1) is 23.2. The highest BCUT2D eigenvalue weighted by atomic mass is 16.5. The van der Waals surface area contributed by atoms with E-state index in [9.17, 15) is 4.79 Å². The van der Waals surface area contributed by atoms with Gasteiger partial charge in [-0.1, -0.05) is 31.2 Å². The van der Waals surface area contributed by atoms with Crippen molar-refractivity contribution < 1.29 is 9.53 Å². The normalized spacial score (nSPS) is 21.4. The van der Waals surface area contributed by atoms with Gasteiger partial charge < -0.3 is 26.0 Å². The predicted molar refractivity (Wildman–Crippen MR) is 187 cm³/mol. The van der Waals surface area contributed by atoms with Crippen LogP contribution >= 0.6 is 0 Å². The lowest BCUT2D eigenvalue weighted by Gasteiger charge is -2.41. The van der Waals surface area contributed by atoms with Crippen LogP contribution in [0.2, 0.25) is 0 Å². The largest absolute Gasteiger partial charge is 0.484 e. The van der Waals surface area contributed by atoms with E-state index in [0.717, 1.165) is 36.9 Å². The first kappa shape index (κ1) is 34.4. The van der Waals surface area contributed by atoms with Gasteiger partial charge in [-0.05, 0) is 88.8 Å². The number of carbonyl (C=O) groups excluding carboxylic acids is 1. The zero-order valence-electron chi connectivity index (χ0n) is 28.4. The lowest BCUT2D eigenvalue weighted by molar-refractivity contribution is 0.169. The highest BCUT2D eigenvalue weighted by Crippen LogP contribution is 2.38. The topological polar surface area (TPSA) is 174 Å². The molecule has 3 aromatic rings. The van der Waals surface area contributed by atoms with Gasteiger partial charge in [-0.2, -0.15) is 5.10 Å². The van der Waals surface area contributed by atoms with Crippen LogP contribution in [0.3, 0.4) is 0 Å². The monoisotopic (exact) mass is 655 g/mol. The molecule has 1 aliphatic heterocycles. The molecule has 4 atom stereocenters. The summed E-state index contributed by atoms with van der Waals surface area (Å²) in [5.74, 6) is 1.22. The third kappa shape index (κ3) is 8.32. The number of carbonyl (C=O) groups is 1. The molecule has 0 spiro atoms. The number of nitrogens with one attached hydrogen (secondary N) is 5. The lowest BCUT2D eigenvalue weighted by Crippen LogP contribution is -2.51. The Morgan fingerprint density at radius 3 is 2.58 bits per heavy atom. The molecule has 0 bridgehead atoms. The molecule has 1 aliphatic carbocycles. The number of amidine groups is 1. The Balaban J connectivity index is 1.30. The van der Waals surface area contributed by atoms with E-state index in [4.69, 9.17) is 21.3 Å². The SMILES string of the molecule is CCC(N)=CC(=Nc1cnn(CCNC)c1)NC(=O)NC1CC[C@@H](Oc2ccc(=N)n(C(=N)N3C(C)CCCC3C)c2)c2ccccc21. The molecule has 2 amide bonds. The van der Waals surface area contributed by atoms with Crippen molar-refractivity contribution in [1.82, 2.24) is 35.2 Å². The predicted octanol–water partition coefficient (Wildman–Crippen LogP) is 4.67. The number of ether oxygens (including phenoxy) is 1. The number of amides is 2. The summed E-state index contributed by atoms with van der Waals surface area (Å²) in [6.07, 6.45) is 11.8. The Morgan fingerprint density at radius 1 is 1.10 bits per heavy atom. The first-order valence-corrected chi connectivity index (χ1v) is 16.9. The van der Waals surface area contributed by atoms with Gasteiger partial charge in [0.25, 0.3) is 0 Å². The molecule has 1 aromatic carbocycles. The molecular weight excluding hydrogens is 606 g/mol. The van der Waals surface area contributed by atoms with Gasteiger partial charge in [-0.25, -0.2) is 9.79 Å². The third-order valence-corrected chi connectivity index (χ3v) is 9.04. The minimum atomic E-state index is -0.387. The van der Waals surface area contributed by atoms with E-state index >= 15 is 0 Å². The minimum absolute atomic E-state index is 0.234. The number of nitrogens with zero attached hydrogens (tertiary/aromatic N) is 5. The maximum absolute atomic E-state index is 13.3. The number of benzene rings is 1. The lowest BCUT2D eigenvalue weighted by atomic mass is 9.85. The number of allylic oxidation sites excluding steroid dienone is 1. The summed E-state index contributed by atoms with van der Waals surface area (Å²) in [6.45, 7) is 7.70. The number of aromatic nitrogens is 3. The summed E-state index contributed by atoms with van der Waals surface area (Å²) < 4.78 is 9.93. The van der Waals surface area contributed by atoms with Crippen molar-refractivity contribution in [3.8, 4) is 5.75 Å². The first-order valence-electron chi connectivity index (χ1n) is 16.9. The third-order valence-electron chi connectivity index (χ3n) is 9.04. The van der Waals surface area contributed by atoms with E-state index in [1.165, 1.54) is 0 Å². The number of hydrogen-bond acceptors (Lipinski definition) is 8. The quantitative estimate of drug-likeness (QED) is 0.144. The fourth-order valence-corrected chi connectivity index (χ4v) is 6.46. The van der Waals surface area contributed by atoms with Crippen LogP contribution in [0.1, 0.15) is 82.6 Å². The average Bonchev–Trinajstić information content (AvgIpc) is 3.52. The number of likely N-dealkylation sites (N-methyl/N-ethyl adjacent to an activating group) is 1. The Hall–Kier alpha value is -4.91. The summed E-state index contributed by atoms with van der Waals surface area (Å²) in [4.78, 5) is 20.0. The molecule has 2 aliphatic rings. The molecule has 7 N–H and O–H groups in total. The van der Waals surface area contributed by atoms with Crippen LogP contribution in [0, 0.1) is 10.8 Å². The van der Waals surface area contributed by atoms with Gasteiger partial charge in [0.1, 0.15) is 28.9 Å². The molecule has 5 rings (SSSR count). The van der Waals surface area contributed by atoms with Gasteiger partial charge in [0, 0.05) is 24.3 Å². The Morgan fingerprint density at radius 2 is 1.85 bits per heavy atom. The minimum Gasteiger partial charge on any atom is -0.484 e. The van der Waals surface area contributed by atoms with Gasteiger partial charge in [-0.15, -0.1) is 0 Å². The number of likely N-dealkylation sites (tertiary alicyclic amines) is 1. The van der Waals surface area contributed by atoms with E-state index in [0.29, 0.717) is 54.7 Å². The van der Waals surface area contributed by atoms with Gasteiger partial charge in [0.2, 0.25) is 5.96 Å². The molecule has 0 saturated carbocycles. The number of piperidine rings is 1. The van der Waals surface area contributed by atoms with Crippen molar-refractivity contribution in [2.24, 2.45) is 10.7 Å². The van der Waals surface area contributed by atoms with Crippen LogP contribution in [0.15, 0.2) is 71.8 Å². The van der Waals surface area contributed by atoms with Gasteiger partial charge in [0.05, 0.1) is 31.2 Å². The second-order valence-electron chi connectivity index (χ2n) is 12.6. The number of fused-ring (bicyclic) bond motifs is 1. The number of hydrogen-bond donors (Lipinski definition) is 6. The number of urea groups is 1. The summed E-state index contributed by atoms with van der Waals surface area (Å²) in [5, 5.41) is 31.0. The number of nitrogens with two attached hydrogens (primary N) is 1. The molecule has 1 saturated heterocycles. The molecule has 13 nitrogen and oxygen atoms in total. The van der Waals surface area contributed by atoms with Crippen molar-refractivity contribution in [3.63, 3.8) is 0 Å². The standard InChI is InChI=1S/C35H49N11O2/c1-5-25(36)19-33(41-26-20-40-44(21-26)18-17-39-4)43-35(47)42-30-14-15-31(29-12-7-6-11-28(29)30)48-27-13-16-32(37)45(22-27)34(38)46-23(2)9-8-10-24(46)3/h6-7,11-13,16,19-24,30-31,37-39H,5,8-10,14-15,17-18,36H2,1-4H3,(H2,41,42,43,47)/t23?,24?,30?,31-/m1/s1. The molecule has 0 radical (unpaired) electrons. The maximum atomic E-state index is 13.3. The second kappa shape index (κ2) is 15.8. The zero-order valence-corrected chi connectivity index (χ0v) is 28.4. The molecule has 256 valence electrons. The van der Waals surface area contributed by atoms with Crippen molar-refractivity contribution in [2.45, 2.75) is 90.1 Å². The highest BCUT2D eigenvalue weighted by molar-refractivity contribution is 6.05. The van der Waals surface area contributed by atoms with Crippen molar-refractivity contribution in [3.05, 3.63) is 83.4 Å². The number of aliphatic imine (C=N–C) groups is 1. The second-order valence-corrected chi connectivity index (χ2v) is 12.6. The van der Waals surface area contributed by atoms with Crippen molar-refractivity contribution in [1.29, 1.82) is 10.8 Å². The van der Waals surface area contributed by atoms with Gasteiger partial charge in [-0.3, -0.25) is 25.4 Å². The Kier molecular flexibility index (Phi) is 11.3. The van der Waals surface area contributed by atoms with E-state index < -0.39 is 0 Å². The average molecular weight is 656 g/mol. The van der Waals surface area contributed by atoms with Gasteiger partial charge >= 0.3 is 6.03 Å². The molecule has 13 heteroatoms. The highest BCUT2D eigenvalue weighted by Gasteiger charge is 2.31. The Bertz CT molecular complexity index is 1700. The molecule has 2 aromatic heterocycles. The summed E-state index contributed by atoms with van der Waals surface area (Å²) in [6, 6.07) is 11.3. The molecule has 1 fully saturated rings. The van der Waals surface area contributed by atoms with Crippen LogP contribution in [0.25, 0.3) is 0 Å². The fourth-order valence-electron chi connectivity index (χ4n) is 6.46. The zero-order chi connectivity index (χ0) is 34.2. The van der Waals surface area contributed by atoms with E-state index in [-0.39, 0.29) is 35.7 Å². The van der Waals surface area contributed by atoms with Gasteiger partial charge in [0.15, 0.2) is 0 Å². The molecular formula is C35H49N11O2. The van der Waals surface area contributed by atoms with Crippen LogP contribution in [-0.4, -0.2) is 62.7 Å². The van der Waals surface area contributed by atoms with Crippen LogP contribution in [-0.2, 0) is 6.54 Å². The fraction of sp³-hybridized carbons (Fsp3) is 0.457. The van der Waals surface area contributed by atoms with Crippen LogP contribution < -0.4 is 31.9 Å².